The Labute approximate surface area is 185 Å². The lowest BCUT2D eigenvalue weighted by atomic mass is 10.1. The van der Waals surface area contributed by atoms with Crippen molar-refractivity contribution in [3.63, 3.8) is 0 Å². The summed E-state index contributed by atoms with van der Waals surface area (Å²) in [6.07, 6.45) is 1.54. The van der Waals surface area contributed by atoms with Crippen LogP contribution in [0.4, 0.5) is 23.0 Å². The van der Waals surface area contributed by atoms with Crippen molar-refractivity contribution in [3.05, 3.63) is 59.4 Å². The number of aromatic nitrogens is 2. The molecule has 0 radical (unpaired) electrons. The summed E-state index contributed by atoms with van der Waals surface area (Å²) >= 11 is 5.96. The molecule has 160 valence electrons. The molecule has 0 unspecified atom stereocenters. The maximum Gasteiger partial charge on any atom is 0.231 e. The third kappa shape index (κ3) is 4.30. The van der Waals surface area contributed by atoms with Gasteiger partial charge >= 0.3 is 0 Å². The van der Waals surface area contributed by atoms with E-state index in [0.717, 1.165) is 55.7 Å². The number of piperazine rings is 1. The smallest absolute Gasteiger partial charge is 0.231 e. The fraction of sp³-hybridized carbons (Fsp3) is 0.273. The third-order valence-corrected chi connectivity index (χ3v) is 5.74. The predicted octanol–water partition coefficient (Wildman–Crippen LogP) is 3.51. The number of hydrogen-bond donors (Lipinski definition) is 2. The number of nitrogens with two attached hydrogens (primary N) is 1. The van der Waals surface area contributed by atoms with Crippen LogP contribution in [0, 0.1) is 0 Å². The largest absolute Gasteiger partial charge is 0.454 e. The Hall–Kier alpha value is -3.23. The average Bonchev–Trinajstić information content (AvgIpc) is 3.25. The number of anilines is 4. The summed E-state index contributed by atoms with van der Waals surface area (Å²) in [4.78, 5) is 13.4. The average molecular weight is 439 g/mol. The summed E-state index contributed by atoms with van der Waals surface area (Å²) in [5, 5.41) is 3.93. The van der Waals surface area contributed by atoms with E-state index in [4.69, 9.17) is 26.8 Å². The van der Waals surface area contributed by atoms with E-state index in [-0.39, 0.29) is 0 Å². The van der Waals surface area contributed by atoms with Crippen molar-refractivity contribution in [1.82, 2.24) is 14.9 Å². The second-order valence-corrected chi connectivity index (χ2v) is 7.98. The number of nitrogen functional groups attached to an aromatic ring is 1. The second-order valence-electron chi connectivity index (χ2n) is 7.54. The minimum Gasteiger partial charge on any atom is -0.454 e. The highest BCUT2D eigenvalue weighted by molar-refractivity contribution is 6.30. The van der Waals surface area contributed by atoms with E-state index < -0.39 is 0 Å². The first kappa shape index (κ1) is 19.7. The van der Waals surface area contributed by atoms with Crippen molar-refractivity contribution >= 4 is 34.6 Å². The zero-order valence-corrected chi connectivity index (χ0v) is 17.7. The topological polar surface area (TPSA) is 88.8 Å². The van der Waals surface area contributed by atoms with Crippen molar-refractivity contribution in [1.29, 1.82) is 0 Å². The lowest BCUT2D eigenvalue weighted by Gasteiger charge is -2.36. The Morgan fingerprint density at radius 1 is 0.968 bits per heavy atom. The third-order valence-electron chi connectivity index (χ3n) is 5.48. The summed E-state index contributed by atoms with van der Waals surface area (Å²) < 4.78 is 10.9. The van der Waals surface area contributed by atoms with E-state index in [1.165, 1.54) is 5.56 Å². The van der Waals surface area contributed by atoms with Gasteiger partial charge < -0.3 is 25.4 Å². The Bertz CT molecular complexity index is 1070. The molecule has 1 aromatic heterocycles. The van der Waals surface area contributed by atoms with E-state index in [1.54, 1.807) is 6.33 Å². The summed E-state index contributed by atoms with van der Waals surface area (Å²) in [7, 11) is 0. The normalized spacial score (nSPS) is 15.8. The van der Waals surface area contributed by atoms with Crippen molar-refractivity contribution in [2.45, 2.75) is 6.54 Å². The molecular weight excluding hydrogens is 416 g/mol. The maximum absolute atomic E-state index is 6.41. The molecule has 0 saturated carbocycles. The van der Waals surface area contributed by atoms with Crippen LogP contribution in [0.5, 0.6) is 11.5 Å². The van der Waals surface area contributed by atoms with Crippen LogP contribution in [0.25, 0.3) is 0 Å². The lowest BCUT2D eigenvalue weighted by molar-refractivity contribution is 0.174. The second kappa shape index (κ2) is 8.49. The van der Waals surface area contributed by atoms with E-state index in [2.05, 4.69) is 37.2 Å². The molecule has 1 fully saturated rings. The van der Waals surface area contributed by atoms with Gasteiger partial charge in [0.2, 0.25) is 6.79 Å². The summed E-state index contributed by atoms with van der Waals surface area (Å²) in [6.45, 7) is 4.67. The van der Waals surface area contributed by atoms with Gasteiger partial charge in [-0.05, 0) is 42.0 Å². The number of nitrogens with zero attached hydrogens (tertiary/aromatic N) is 4. The standard InChI is InChI=1S/C22H23ClN6O2/c23-16-2-4-17(5-3-16)27-21-20(24)22(26-13-25-21)29-9-7-28(8-10-29)12-15-1-6-18-19(11-15)31-14-30-18/h1-6,11,13H,7-10,12,14,24H2,(H,25,26,27). The first-order valence-electron chi connectivity index (χ1n) is 10.1. The molecule has 0 spiro atoms. The van der Waals surface area contributed by atoms with E-state index in [9.17, 15) is 0 Å². The van der Waals surface area contributed by atoms with Crippen molar-refractivity contribution in [2.75, 3.05) is 48.9 Å². The number of benzene rings is 2. The quantitative estimate of drug-likeness (QED) is 0.625. The van der Waals surface area contributed by atoms with Crippen LogP contribution in [-0.2, 0) is 6.54 Å². The Morgan fingerprint density at radius 3 is 2.55 bits per heavy atom. The van der Waals surface area contributed by atoms with Crippen LogP contribution in [0.15, 0.2) is 48.8 Å². The first-order chi connectivity index (χ1) is 15.2. The van der Waals surface area contributed by atoms with E-state index >= 15 is 0 Å². The zero-order chi connectivity index (χ0) is 21.2. The number of hydrogen-bond acceptors (Lipinski definition) is 8. The van der Waals surface area contributed by atoms with Crippen LogP contribution in [-0.4, -0.2) is 47.8 Å². The molecule has 5 rings (SSSR count). The van der Waals surface area contributed by atoms with Gasteiger partial charge in [-0.2, -0.15) is 0 Å². The Morgan fingerprint density at radius 2 is 1.74 bits per heavy atom. The van der Waals surface area contributed by atoms with Crippen LogP contribution >= 0.6 is 11.6 Å². The fourth-order valence-electron chi connectivity index (χ4n) is 3.82. The molecule has 9 heteroatoms. The molecule has 0 aliphatic carbocycles. The molecule has 31 heavy (non-hydrogen) atoms. The van der Waals surface area contributed by atoms with Gasteiger partial charge in [0, 0.05) is 43.4 Å². The molecule has 3 aromatic rings. The molecule has 3 heterocycles. The van der Waals surface area contributed by atoms with Gasteiger partial charge in [0.15, 0.2) is 23.1 Å². The number of halogens is 1. The Kier molecular flexibility index (Phi) is 5.40. The highest BCUT2D eigenvalue weighted by Gasteiger charge is 2.22. The van der Waals surface area contributed by atoms with Gasteiger partial charge in [-0.3, -0.25) is 4.90 Å². The molecule has 2 aromatic carbocycles. The van der Waals surface area contributed by atoms with E-state index in [0.29, 0.717) is 23.3 Å². The highest BCUT2D eigenvalue weighted by Crippen LogP contribution is 2.33. The molecule has 0 bridgehead atoms. The van der Waals surface area contributed by atoms with Gasteiger partial charge in [0.05, 0.1) is 0 Å². The summed E-state index contributed by atoms with van der Waals surface area (Å²) in [5.74, 6) is 2.99. The van der Waals surface area contributed by atoms with Gasteiger partial charge in [-0.25, -0.2) is 9.97 Å². The number of rotatable bonds is 5. The molecule has 0 amide bonds. The van der Waals surface area contributed by atoms with Gasteiger partial charge in [-0.1, -0.05) is 17.7 Å². The first-order valence-corrected chi connectivity index (χ1v) is 10.5. The number of nitrogens with one attached hydrogen (secondary N) is 1. The summed E-state index contributed by atoms with van der Waals surface area (Å²) in [6, 6.07) is 13.5. The predicted molar refractivity (Wildman–Crippen MR) is 121 cm³/mol. The zero-order valence-electron chi connectivity index (χ0n) is 16.9. The molecule has 2 aliphatic rings. The minimum absolute atomic E-state index is 0.298. The minimum atomic E-state index is 0.298. The van der Waals surface area contributed by atoms with Crippen LogP contribution in [0.2, 0.25) is 5.02 Å². The molecule has 3 N–H and O–H groups in total. The van der Waals surface area contributed by atoms with Crippen molar-refractivity contribution in [3.8, 4) is 11.5 Å². The monoisotopic (exact) mass is 438 g/mol. The van der Waals surface area contributed by atoms with Gasteiger partial charge in [0.1, 0.15) is 12.0 Å². The van der Waals surface area contributed by atoms with Crippen LogP contribution < -0.4 is 25.4 Å². The Balaban J connectivity index is 1.22. The van der Waals surface area contributed by atoms with Crippen molar-refractivity contribution in [2.24, 2.45) is 0 Å². The molecule has 0 atom stereocenters. The summed E-state index contributed by atoms with van der Waals surface area (Å²) in [5.41, 5.74) is 9.04. The SMILES string of the molecule is Nc1c(Nc2ccc(Cl)cc2)ncnc1N1CCN(Cc2ccc3c(c2)OCO3)CC1. The van der Waals surface area contributed by atoms with Gasteiger partial charge in [-0.15, -0.1) is 0 Å². The molecular formula is C22H23ClN6O2. The number of ether oxygens (including phenoxy) is 2. The van der Waals surface area contributed by atoms with Crippen molar-refractivity contribution < 1.29 is 9.47 Å². The lowest BCUT2D eigenvalue weighted by Crippen LogP contribution is -2.46. The van der Waals surface area contributed by atoms with Crippen LogP contribution in [0.3, 0.4) is 0 Å². The number of fused-ring (bicyclic) bond motifs is 1. The fourth-order valence-corrected chi connectivity index (χ4v) is 3.95. The maximum atomic E-state index is 6.41. The molecule has 1 saturated heterocycles. The highest BCUT2D eigenvalue weighted by atomic mass is 35.5. The van der Waals surface area contributed by atoms with Crippen LogP contribution in [0.1, 0.15) is 5.56 Å². The van der Waals surface area contributed by atoms with Gasteiger partial charge in [0.25, 0.3) is 0 Å². The van der Waals surface area contributed by atoms with E-state index in [1.807, 2.05) is 30.3 Å². The molecule has 2 aliphatic heterocycles. The molecule has 8 nitrogen and oxygen atoms in total.